The molecule has 4 heteroatoms. The Morgan fingerprint density at radius 2 is 1.89 bits per heavy atom. The molecule has 1 aromatic heterocycles. The summed E-state index contributed by atoms with van der Waals surface area (Å²) in [5, 5.41) is 7.84. The van der Waals surface area contributed by atoms with Crippen LogP contribution in [0.2, 0.25) is 0 Å². The second-order valence-corrected chi connectivity index (χ2v) is 4.96. The van der Waals surface area contributed by atoms with E-state index in [1.807, 2.05) is 63.7 Å². The quantitative estimate of drug-likeness (QED) is 0.912. The molecule has 0 aliphatic carbocycles. The van der Waals surface area contributed by atoms with Crippen LogP contribution in [0.15, 0.2) is 24.3 Å². The van der Waals surface area contributed by atoms with Crippen LogP contribution in [-0.2, 0) is 7.05 Å². The minimum atomic E-state index is 0.152. The number of nitrogens with one attached hydrogen (secondary N) is 1. The van der Waals surface area contributed by atoms with Crippen molar-refractivity contribution in [2.45, 2.75) is 33.8 Å². The zero-order valence-electron chi connectivity index (χ0n) is 12.2. The van der Waals surface area contributed by atoms with Crippen molar-refractivity contribution in [3.8, 4) is 5.75 Å². The molecule has 0 fully saturated rings. The summed E-state index contributed by atoms with van der Waals surface area (Å²) in [7, 11) is 1.95. The van der Waals surface area contributed by atoms with Crippen molar-refractivity contribution < 1.29 is 4.74 Å². The molecule has 0 saturated heterocycles. The zero-order chi connectivity index (χ0) is 14.0. The Labute approximate surface area is 114 Å². The van der Waals surface area contributed by atoms with E-state index in [2.05, 4.69) is 10.4 Å². The van der Waals surface area contributed by atoms with Gasteiger partial charge >= 0.3 is 0 Å². The number of rotatable bonds is 4. The van der Waals surface area contributed by atoms with Crippen molar-refractivity contribution in [2.24, 2.45) is 7.05 Å². The first kappa shape index (κ1) is 13.5. The molecule has 0 aliphatic heterocycles. The van der Waals surface area contributed by atoms with E-state index in [0.29, 0.717) is 0 Å². The highest BCUT2D eigenvalue weighted by molar-refractivity contribution is 5.69. The average Bonchev–Trinajstić information content (AvgIpc) is 2.57. The van der Waals surface area contributed by atoms with Crippen LogP contribution in [-0.4, -0.2) is 15.9 Å². The average molecular weight is 259 g/mol. The van der Waals surface area contributed by atoms with Crippen LogP contribution < -0.4 is 10.1 Å². The number of aryl methyl sites for hydroxylation is 2. The minimum Gasteiger partial charge on any atom is -0.489 e. The maximum absolute atomic E-state index is 5.81. The Hall–Kier alpha value is -1.97. The Kier molecular flexibility index (Phi) is 3.79. The Balaban J connectivity index is 2.33. The molecule has 0 radical (unpaired) electrons. The van der Waals surface area contributed by atoms with Crippen LogP contribution in [0.25, 0.3) is 0 Å². The molecule has 1 N–H and O–H groups in total. The topological polar surface area (TPSA) is 39.1 Å². The lowest BCUT2D eigenvalue weighted by molar-refractivity contribution is 0.244. The van der Waals surface area contributed by atoms with Crippen molar-refractivity contribution in [1.82, 2.24) is 9.78 Å². The van der Waals surface area contributed by atoms with Gasteiger partial charge in [-0.3, -0.25) is 4.68 Å². The third kappa shape index (κ3) is 2.89. The lowest BCUT2D eigenvalue weighted by Gasteiger charge is -2.15. The first-order valence-corrected chi connectivity index (χ1v) is 6.52. The molecule has 4 nitrogen and oxygen atoms in total. The molecule has 1 aromatic carbocycles. The number of anilines is 2. The molecule has 2 aromatic rings. The Morgan fingerprint density at radius 1 is 1.21 bits per heavy atom. The molecular weight excluding hydrogens is 238 g/mol. The van der Waals surface area contributed by atoms with Crippen LogP contribution >= 0.6 is 0 Å². The van der Waals surface area contributed by atoms with E-state index in [-0.39, 0.29) is 6.10 Å². The third-order valence-corrected chi connectivity index (χ3v) is 3.02. The first-order valence-electron chi connectivity index (χ1n) is 6.52. The zero-order valence-corrected chi connectivity index (χ0v) is 12.2. The summed E-state index contributed by atoms with van der Waals surface area (Å²) >= 11 is 0. The summed E-state index contributed by atoms with van der Waals surface area (Å²) in [4.78, 5) is 0. The normalized spacial score (nSPS) is 10.8. The Bertz CT molecular complexity index is 573. The largest absolute Gasteiger partial charge is 0.489 e. The number of hydrogen-bond acceptors (Lipinski definition) is 3. The van der Waals surface area contributed by atoms with E-state index >= 15 is 0 Å². The maximum atomic E-state index is 5.81. The molecule has 0 bridgehead atoms. The van der Waals surface area contributed by atoms with E-state index < -0.39 is 0 Å². The molecule has 1 heterocycles. The SMILES string of the molecule is Cc1nn(C)c(C)c1Nc1ccccc1OC(C)C. The van der Waals surface area contributed by atoms with E-state index in [1.54, 1.807) is 0 Å². The molecule has 19 heavy (non-hydrogen) atoms. The number of para-hydroxylation sites is 2. The first-order chi connectivity index (χ1) is 8.99. The van der Waals surface area contributed by atoms with Crippen LogP contribution in [0.1, 0.15) is 25.2 Å². The highest BCUT2D eigenvalue weighted by Gasteiger charge is 2.12. The van der Waals surface area contributed by atoms with Crippen LogP contribution in [0.4, 0.5) is 11.4 Å². The summed E-state index contributed by atoms with van der Waals surface area (Å²) in [6.45, 7) is 8.10. The number of hydrogen-bond donors (Lipinski definition) is 1. The highest BCUT2D eigenvalue weighted by Crippen LogP contribution is 2.30. The Morgan fingerprint density at radius 3 is 2.47 bits per heavy atom. The monoisotopic (exact) mass is 259 g/mol. The van der Waals surface area contributed by atoms with E-state index in [4.69, 9.17) is 4.74 Å². The van der Waals surface area contributed by atoms with Crippen molar-refractivity contribution in [3.05, 3.63) is 35.7 Å². The number of benzene rings is 1. The predicted octanol–water partition coefficient (Wildman–Crippen LogP) is 3.57. The predicted molar refractivity (Wildman–Crippen MR) is 78.2 cm³/mol. The van der Waals surface area contributed by atoms with Gasteiger partial charge in [-0.2, -0.15) is 5.10 Å². The van der Waals surface area contributed by atoms with Crippen molar-refractivity contribution in [1.29, 1.82) is 0 Å². The van der Waals surface area contributed by atoms with Gasteiger partial charge in [0.15, 0.2) is 0 Å². The summed E-state index contributed by atoms with van der Waals surface area (Å²) in [5.74, 6) is 0.861. The standard InChI is InChI=1S/C15H21N3O/c1-10(2)19-14-9-7-6-8-13(14)16-15-11(3)17-18(5)12(15)4/h6-10,16H,1-5H3. The van der Waals surface area contributed by atoms with Gasteiger partial charge in [0.1, 0.15) is 5.75 Å². The molecule has 2 rings (SSSR count). The van der Waals surface area contributed by atoms with Gasteiger partial charge in [0.2, 0.25) is 0 Å². The van der Waals surface area contributed by atoms with Crippen molar-refractivity contribution in [3.63, 3.8) is 0 Å². The van der Waals surface area contributed by atoms with Gasteiger partial charge in [-0.05, 0) is 39.8 Å². The van der Waals surface area contributed by atoms with Gasteiger partial charge in [0.05, 0.1) is 28.9 Å². The molecule has 102 valence electrons. The van der Waals surface area contributed by atoms with Gasteiger partial charge in [-0.25, -0.2) is 0 Å². The smallest absolute Gasteiger partial charge is 0.143 e. The van der Waals surface area contributed by atoms with Gasteiger partial charge in [-0.15, -0.1) is 0 Å². The van der Waals surface area contributed by atoms with Crippen LogP contribution in [0, 0.1) is 13.8 Å². The van der Waals surface area contributed by atoms with Crippen molar-refractivity contribution >= 4 is 11.4 Å². The van der Waals surface area contributed by atoms with E-state index in [9.17, 15) is 0 Å². The van der Waals surface area contributed by atoms with Crippen LogP contribution in [0.5, 0.6) is 5.75 Å². The van der Waals surface area contributed by atoms with Gasteiger partial charge in [0.25, 0.3) is 0 Å². The fraction of sp³-hybridized carbons (Fsp3) is 0.400. The molecule has 0 saturated carbocycles. The summed E-state index contributed by atoms with van der Waals surface area (Å²) < 4.78 is 7.69. The molecule has 0 aliphatic rings. The fourth-order valence-electron chi connectivity index (χ4n) is 2.02. The lowest BCUT2D eigenvalue weighted by atomic mass is 10.2. The van der Waals surface area contributed by atoms with Crippen molar-refractivity contribution in [2.75, 3.05) is 5.32 Å². The molecule has 0 unspecified atom stereocenters. The van der Waals surface area contributed by atoms with E-state index in [1.165, 1.54) is 0 Å². The van der Waals surface area contributed by atoms with Gasteiger partial charge in [0, 0.05) is 7.05 Å². The lowest BCUT2D eigenvalue weighted by Crippen LogP contribution is -2.07. The maximum Gasteiger partial charge on any atom is 0.143 e. The summed E-state index contributed by atoms with van der Waals surface area (Å²) in [6.07, 6.45) is 0.152. The number of nitrogens with zero attached hydrogens (tertiary/aromatic N) is 2. The summed E-state index contributed by atoms with van der Waals surface area (Å²) in [6, 6.07) is 7.97. The molecular formula is C15H21N3O. The highest BCUT2D eigenvalue weighted by atomic mass is 16.5. The number of aromatic nitrogens is 2. The van der Waals surface area contributed by atoms with Gasteiger partial charge in [-0.1, -0.05) is 12.1 Å². The molecule has 0 amide bonds. The molecule has 0 spiro atoms. The van der Waals surface area contributed by atoms with E-state index in [0.717, 1.165) is 28.5 Å². The second kappa shape index (κ2) is 5.34. The fourth-order valence-corrected chi connectivity index (χ4v) is 2.02. The minimum absolute atomic E-state index is 0.152. The third-order valence-electron chi connectivity index (χ3n) is 3.02. The second-order valence-electron chi connectivity index (χ2n) is 4.96. The number of ether oxygens (including phenoxy) is 1. The summed E-state index contributed by atoms with van der Waals surface area (Å²) in [5.41, 5.74) is 4.11. The van der Waals surface area contributed by atoms with Gasteiger partial charge < -0.3 is 10.1 Å². The van der Waals surface area contributed by atoms with Crippen LogP contribution in [0.3, 0.4) is 0 Å². The molecule has 0 atom stereocenters.